The number of nitro groups is 1. The second kappa shape index (κ2) is 9.71. The number of rotatable bonds is 6. The van der Waals surface area contributed by atoms with Gasteiger partial charge in [0.2, 0.25) is 0 Å². The van der Waals surface area contributed by atoms with Crippen LogP contribution in [0.4, 0.5) is 11.4 Å². The van der Waals surface area contributed by atoms with E-state index in [0.29, 0.717) is 31.6 Å². The Bertz CT molecular complexity index is 740. The van der Waals surface area contributed by atoms with Gasteiger partial charge in [-0.3, -0.25) is 19.7 Å². The topological polar surface area (TPSA) is 93.0 Å². The standard InChI is InChI=1S/C21H29N3O5/c1-22(17-7-3-2-4-8-17)20(25)15-29-21(26)16-11-13-23(14-12-16)18-9-5-6-10-19(18)24(27)28/h5-6,9-10,16-17H,2-4,7-8,11-15H2,1H3. The van der Waals surface area contributed by atoms with Gasteiger partial charge in [0.15, 0.2) is 6.61 Å². The van der Waals surface area contributed by atoms with Gasteiger partial charge < -0.3 is 14.5 Å². The fourth-order valence-electron chi connectivity index (χ4n) is 4.27. The van der Waals surface area contributed by atoms with E-state index < -0.39 is 0 Å². The zero-order chi connectivity index (χ0) is 20.8. The Morgan fingerprint density at radius 3 is 2.45 bits per heavy atom. The van der Waals surface area contributed by atoms with Gasteiger partial charge in [0.25, 0.3) is 11.6 Å². The third-order valence-electron chi connectivity index (χ3n) is 6.10. The van der Waals surface area contributed by atoms with Gasteiger partial charge in [0.1, 0.15) is 5.69 Å². The zero-order valence-electron chi connectivity index (χ0n) is 16.9. The molecular weight excluding hydrogens is 374 g/mol. The number of hydrogen-bond donors (Lipinski definition) is 0. The highest BCUT2D eigenvalue weighted by atomic mass is 16.6. The maximum Gasteiger partial charge on any atom is 0.309 e. The van der Waals surface area contributed by atoms with Crippen molar-refractivity contribution in [2.75, 3.05) is 31.6 Å². The van der Waals surface area contributed by atoms with Crippen LogP contribution < -0.4 is 4.90 Å². The number of carbonyl (C=O) groups excluding carboxylic acids is 2. The van der Waals surface area contributed by atoms with E-state index in [9.17, 15) is 19.7 Å². The van der Waals surface area contributed by atoms with Crippen molar-refractivity contribution in [3.8, 4) is 0 Å². The van der Waals surface area contributed by atoms with Crippen molar-refractivity contribution in [3.05, 3.63) is 34.4 Å². The Morgan fingerprint density at radius 2 is 1.79 bits per heavy atom. The summed E-state index contributed by atoms with van der Waals surface area (Å²) in [6.45, 7) is 0.872. The van der Waals surface area contributed by atoms with Crippen LogP contribution in [0.2, 0.25) is 0 Å². The summed E-state index contributed by atoms with van der Waals surface area (Å²) in [6.07, 6.45) is 6.63. The molecule has 1 aromatic carbocycles. The molecule has 0 N–H and O–H groups in total. The van der Waals surface area contributed by atoms with E-state index >= 15 is 0 Å². The third kappa shape index (κ3) is 5.25. The summed E-state index contributed by atoms with van der Waals surface area (Å²) < 4.78 is 5.30. The fourth-order valence-corrected chi connectivity index (χ4v) is 4.27. The summed E-state index contributed by atoms with van der Waals surface area (Å²) >= 11 is 0. The van der Waals surface area contributed by atoms with Crippen molar-refractivity contribution >= 4 is 23.3 Å². The first-order chi connectivity index (χ1) is 14.0. The van der Waals surface area contributed by atoms with Gasteiger partial charge in [0, 0.05) is 32.2 Å². The van der Waals surface area contributed by atoms with Crippen LogP contribution in [-0.4, -0.2) is 54.5 Å². The van der Waals surface area contributed by atoms with Crippen molar-refractivity contribution in [2.45, 2.75) is 51.0 Å². The smallest absolute Gasteiger partial charge is 0.309 e. The number of carbonyl (C=O) groups is 2. The molecule has 1 amide bonds. The third-order valence-corrected chi connectivity index (χ3v) is 6.10. The fraction of sp³-hybridized carbons (Fsp3) is 0.619. The Morgan fingerprint density at radius 1 is 1.14 bits per heavy atom. The van der Waals surface area contributed by atoms with E-state index in [0.717, 1.165) is 25.7 Å². The molecule has 158 valence electrons. The van der Waals surface area contributed by atoms with Crippen molar-refractivity contribution in [3.63, 3.8) is 0 Å². The molecule has 1 aliphatic heterocycles. The molecule has 8 heteroatoms. The van der Waals surface area contributed by atoms with Crippen molar-refractivity contribution in [2.24, 2.45) is 5.92 Å². The monoisotopic (exact) mass is 403 g/mol. The van der Waals surface area contributed by atoms with Crippen LogP contribution in [0.15, 0.2) is 24.3 Å². The number of likely N-dealkylation sites (N-methyl/N-ethyl adjacent to an activating group) is 1. The molecule has 0 spiro atoms. The molecule has 29 heavy (non-hydrogen) atoms. The Kier molecular flexibility index (Phi) is 7.06. The van der Waals surface area contributed by atoms with Crippen molar-refractivity contribution in [1.82, 2.24) is 4.90 Å². The number of benzene rings is 1. The highest BCUT2D eigenvalue weighted by Gasteiger charge is 2.30. The molecule has 1 saturated heterocycles. The number of ether oxygens (including phenoxy) is 1. The molecule has 0 unspecified atom stereocenters. The number of esters is 1. The maximum atomic E-state index is 12.4. The van der Waals surface area contributed by atoms with Crippen LogP contribution in [0.25, 0.3) is 0 Å². The van der Waals surface area contributed by atoms with Gasteiger partial charge in [0.05, 0.1) is 10.8 Å². The summed E-state index contributed by atoms with van der Waals surface area (Å²) in [7, 11) is 1.79. The minimum atomic E-state index is -0.385. The van der Waals surface area contributed by atoms with Gasteiger partial charge in [-0.05, 0) is 31.7 Å². The first-order valence-electron chi connectivity index (χ1n) is 10.4. The Balaban J connectivity index is 1.46. The number of para-hydroxylation sites is 2. The summed E-state index contributed by atoms with van der Waals surface area (Å²) in [5.41, 5.74) is 0.651. The van der Waals surface area contributed by atoms with Gasteiger partial charge in [-0.25, -0.2) is 0 Å². The Labute approximate surface area is 171 Å². The molecule has 0 atom stereocenters. The number of amides is 1. The highest BCUT2D eigenvalue weighted by Crippen LogP contribution is 2.31. The SMILES string of the molecule is CN(C(=O)COC(=O)C1CCN(c2ccccc2[N+](=O)[O-])CC1)C1CCCCC1. The first kappa shape index (κ1) is 21.1. The molecule has 0 aromatic heterocycles. The largest absolute Gasteiger partial charge is 0.455 e. The van der Waals surface area contributed by atoms with Gasteiger partial charge in [-0.15, -0.1) is 0 Å². The van der Waals surface area contributed by atoms with Gasteiger partial charge >= 0.3 is 5.97 Å². The van der Waals surface area contributed by atoms with Crippen molar-refractivity contribution < 1.29 is 19.2 Å². The lowest BCUT2D eigenvalue weighted by atomic mass is 9.94. The molecule has 8 nitrogen and oxygen atoms in total. The van der Waals surface area contributed by atoms with Crippen molar-refractivity contribution in [1.29, 1.82) is 0 Å². The van der Waals surface area contributed by atoms with E-state index in [1.165, 1.54) is 12.5 Å². The maximum absolute atomic E-state index is 12.4. The van der Waals surface area contributed by atoms with Crippen LogP contribution in [0.3, 0.4) is 0 Å². The van der Waals surface area contributed by atoms with E-state index in [2.05, 4.69) is 0 Å². The highest BCUT2D eigenvalue weighted by molar-refractivity contribution is 5.81. The van der Waals surface area contributed by atoms with Crippen LogP contribution in [-0.2, 0) is 14.3 Å². The summed E-state index contributed by atoms with van der Waals surface area (Å²) in [4.78, 5) is 39.2. The minimum absolute atomic E-state index is 0.0740. The number of hydrogen-bond acceptors (Lipinski definition) is 6. The molecule has 0 radical (unpaired) electrons. The normalized spacial score (nSPS) is 18.3. The van der Waals surface area contributed by atoms with E-state index in [1.54, 1.807) is 30.1 Å². The molecule has 2 fully saturated rings. The number of piperidine rings is 1. The van der Waals surface area contributed by atoms with Gasteiger partial charge in [-0.2, -0.15) is 0 Å². The predicted octanol–water partition coefficient (Wildman–Crippen LogP) is 3.15. The lowest BCUT2D eigenvalue weighted by Crippen LogP contribution is -2.41. The predicted molar refractivity (Wildman–Crippen MR) is 109 cm³/mol. The zero-order valence-corrected chi connectivity index (χ0v) is 16.9. The first-order valence-corrected chi connectivity index (χ1v) is 10.4. The molecule has 1 saturated carbocycles. The molecule has 3 rings (SSSR count). The molecule has 1 aromatic rings. The summed E-state index contributed by atoms with van der Waals surface area (Å²) in [5, 5.41) is 11.2. The second-order valence-corrected chi connectivity index (χ2v) is 7.91. The summed E-state index contributed by atoms with van der Waals surface area (Å²) in [5.74, 6) is -0.776. The minimum Gasteiger partial charge on any atom is -0.455 e. The summed E-state index contributed by atoms with van der Waals surface area (Å²) in [6, 6.07) is 6.89. The van der Waals surface area contributed by atoms with Gasteiger partial charge in [-0.1, -0.05) is 31.4 Å². The molecule has 1 heterocycles. The van der Waals surface area contributed by atoms with Crippen LogP contribution in [0.1, 0.15) is 44.9 Å². The number of nitrogens with zero attached hydrogens (tertiary/aromatic N) is 3. The molecule has 2 aliphatic rings. The Hall–Kier alpha value is -2.64. The molecule has 1 aliphatic carbocycles. The van der Waals surface area contributed by atoms with E-state index in [-0.39, 0.29) is 41.1 Å². The van der Waals surface area contributed by atoms with Crippen LogP contribution in [0.5, 0.6) is 0 Å². The van der Waals surface area contributed by atoms with E-state index in [4.69, 9.17) is 4.74 Å². The lowest BCUT2D eigenvalue weighted by Gasteiger charge is -2.33. The quantitative estimate of drug-likeness (QED) is 0.412. The number of nitro benzene ring substituents is 1. The van der Waals surface area contributed by atoms with Crippen LogP contribution >= 0.6 is 0 Å². The second-order valence-electron chi connectivity index (χ2n) is 7.91. The van der Waals surface area contributed by atoms with Crippen LogP contribution in [0, 0.1) is 16.0 Å². The lowest BCUT2D eigenvalue weighted by molar-refractivity contribution is -0.384. The molecule has 0 bridgehead atoms. The van der Waals surface area contributed by atoms with E-state index in [1.807, 2.05) is 4.90 Å². The molecular formula is C21H29N3O5. The number of anilines is 1. The average molecular weight is 403 g/mol. The average Bonchev–Trinajstić information content (AvgIpc) is 2.77.